The van der Waals surface area contributed by atoms with Gasteiger partial charge < -0.3 is 20.7 Å². The van der Waals surface area contributed by atoms with Crippen molar-refractivity contribution in [2.75, 3.05) is 16.8 Å². The fraction of sp³-hybridized carbons (Fsp3) is 0.267. The molecule has 4 rings (SSSR count). The number of fused-ring (bicyclic) bond motifs is 1. The number of carbonyl (C=O) groups is 4. The highest BCUT2D eigenvalue weighted by Gasteiger charge is 2.30. The zero-order valence-electron chi connectivity index (χ0n) is 21.8. The molecule has 1 aliphatic rings. The van der Waals surface area contributed by atoms with Gasteiger partial charge in [-0.15, -0.1) is 0 Å². The molecule has 1 atom stereocenters. The molecule has 3 N–H and O–H groups in total. The average Bonchev–Trinajstić information content (AvgIpc) is 3.06. The summed E-state index contributed by atoms with van der Waals surface area (Å²) in [6.45, 7) is 4.11. The normalized spacial score (nSPS) is 14.6. The molecule has 1 aliphatic heterocycles. The van der Waals surface area contributed by atoms with Crippen LogP contribution in [0, 0.1) is 13.8 Å². The topological polar surface area (TPSA) is 119 Å². The monoisotopic (exact) mass is 547 g/mol. The predicted octanol–water partition coefficient (Wildman–Crippen LogP) is 5.50. The van der Waals surface area contributed by atoms with Crippen LogP contribution in [0.5, 0.6) is 0 Å². The van der Waals surface area contributed by atoms with Gasteiger partial charge in [-0.2, -0.15) is 0 Å². The minimum Gasteiger partial charge on any atom is -0.457 e. The molecule has 0 fully saturated rings. The van der Waals surface area contributed by atoms with Gasteiger partial charge in [-0.3, -0.25) is 19.2 Å². The number of aryl methyl sites for hydroxylation is 2. The number of anilines is 2. The minimum atomic E-state index is -0.614. The number of halogens is 1. The molecule has 3 amide bonds. The van der Waals surface area contributed by atoms with Crippen molar-refractivity contribution in [3.05, 3.63) is 93.5 Å². The molecule has 9 heteroatoms. The second-order valence-electron chi connectivity index (χ2n) is 9.55. The lowest BCUT2D eigenvalue weighted by Crippen LogP contribution is -2.32. The smallest absolute Gasteiger partial charge is 0.306 e. The Hall–Kier alpha value is -4.17. The summed E-state index contributed by atoms with van der Waals surface area (Å²) >= 11 is 6.28. The molecule has 3 aromatic carbocycles. The van der Waals surface area contributed by atoms with E-state index >= 15 is 0 Å². The summed E-state index contributed by atoms with van der Waals surface area (Å²) < 4.78 is 5.67. The van der Waals surface area contributed by atoms with Gasteiger partial charge in [-0.05, 0) is 80.3 Å². The van der Waals surface area contributed by atoms with Crippen molar-refractivity contribution in [2.45, 2.75) is 45.6 Å². The van der Waals surface area contributed by atoms with Gasteiger partial charge in [0, 0.05) is 40.4 Å². The number of amides is 3. The van der Waals surface area contributed by atoms with Crippen molar-refractivity contribution in [1.29, 1.82) is 0 Å². The molecule has 1 unspecified atom stereocenters. The Labute approximate surface area is 232 Å². The van der Waals surface area contributed by atoms with Crippen molar-refractivity contribution in [1.82, 2.24) is 0 Å². The largest absolute Gasteiger partial charge is 0.457 e. The molecule has 1 heterocycles. The molecule has 0 aromatic heterocycles. The average molecular weight is 548 g/mol. The van der Waals surface area contributed by atoms with Crippen LogP contribution in [0.3, 0.4) is 0 Å². The van der Waals surface area contributed by atoms with Crippen LogP contribution in [0.15, 0.2) is 60.7 Å². The first kappa shape index (κ1) is 27.9. The van der Waals surface area contributed by atoms with Crippen LogP contribution >= 0.6 is 11.6 Å². The molecule has 0 aliphatic carbocycles. The van der Waals surface area contributed by atoms with Crippen LogP contribution in [-0.4, -0.2) is 30.2 Å². The molecule has 0 bridgehead atoms. The number of esters is 1. The summed E-state index contributed by atoms with van der Waals surface area (Å²) in [5, 5.41) is 3.35. The Bertz CT molecular complexity index is 1440. The summed E-state index contributed by atoms with van der Waals surface area (Å²) in [4.78, 5) is 51.6. The number of hydrogen-bond donors (Lipinski definition) is 2. The van der Waals surface area contributed by atoms with E-state index in [2.05, 4.69) is 5.32 Å². The van der Waals surface area contributed by atoms with E-state index in [4.69, 9.17) is 22.1 Å². The SMILES string of the molecule is Cc1ccccc1C(=O)Nc1ccc(C(=O)N2CCCC(OC(=O)CCC(N)=O)c3cc(Cl)ccc32)c(C)c1. The fourth-order valence-corrected chi connectivity index (χ4v) is 4.85. The van der Waals surface area contributed by atoms with Gasteiger partial charge in [0.05, 0.1) is 12.1 Å². The third-order valence-corrected chi connectivity index (χ3v) is 6.91. The van der Waals surface area contributed by atoms with Crippen molar-refractivity contribution in [3.63, 3.8) is 0 Å². The van der Waals surface area contributed by atoms with Crippen LogP contribution in [0.1, 0.15) is 69.2 Å². The van der Waals surface area contributed by atoms with Gasteiger partial charge in [-0.25, -0.2) is 0 Å². The van der Waals surface area contributed by atoms with E-state index in [1.807, 2.05) is 32.0 Å². The zero-order chi connectivity index (χ0) is 28.1. The van der Waals surface area contributed by atoms with E-state index in [1.165, 1.54) is 0 Å². The predicted molar refractivity (Wildman–Crippen MR) is 150 cm³/mol. The molecule has 0 saturated carbocycles. The number of nitrogens with one attached hydrogen (secondary N) is 1. The number of rotatable bonds is 7. The van der Waals surface area contributed by atoms with E-state index in [0.717, 1.165) is 5.56 Å². The fourth-order valence-electron chi connectivity index (χ4n) is 4.67. The first-order valence-corrected chi connectivity index (χ1v) is 13.1. The van der Waals surface area contributed by atoms with Crippen LogP contribution in [0.4, 0.5) is 11.4 Å². The Morgan fingerprint density at radius 2 is 1.74 bits per heavy atom. The summed E-state index contributed by atoms with van der Waals surface area (Å²) in [6.07, 6.45) is 0.241. The molecule has 39 heavy (non-hydrogen) atoms. The maximum absolute atomic E-state index is 13.8. The van der Waals surface area contributed by atoms with E-state index in [1.54, 1.807) is 47.4 Å². The van der Waals surface area contributed by atoms with E-state index in [0.29, 0.717) is 58.0 Å². The van der Waals surface area contributed by atoms with Crippen molar-refractivity contribution >= 4 is 46.7 Å². The molecule has 202 valence electrons. The molecule has 8 nitrogen and oxygen atoms in total. The van der Waals surface area contributed by atoms with Crippen LogP contribution in [0.25, 0.3) is 0 Å². The Balaban J connectivity index is 1.56. The summed E-state index contributed by atoms with van der Waals surface area (Å²) in [5.41, 5.74) is 9.61. The molecule has 0 radical (unpaired) electrons. The van der Waals surface area contributed by atoms with Gasteiger partial charge in [0.1, 0.15) is 6.10 Å². The van der Waals surface area contributed by atoms with Crippen LogP contribution in [0.2, 0.25) is 5.02 Å². The number of nitrogens with two attached hydrogens (primary N) is 1. The lowest BCUT2D eigenvalue weighted by atomic mass is 10.0. The second kappa shape index (κ2) is 12.1. The first-order chi connectivity index (χ1) is 18.6. The second-order valence-corrected chi connectivity index (χ2v) is 9.98. The quantitative estimate of drug-likeness (QED) is 0.379. The van der Waals surface area contributed by atoms with Gasteiger partial charge in [0.15, 0.2) is 0 Å². The molecular weight excluding hydrogens is 518 g/mol. The van der Waals surface area contributed by atoms with E-state index in [-0.39, 0.29) is 24.7 Å². The van der Waals surface area contributed by atoms with Crippen molar-refractivity contribution in [3.8, 4) is 0 Å². The molecule has 0 spiro atoms. The summed E-state index contributed by atoms with van der Waals surface area (Å²) in [7, 11) is 0. The van der Waals surface area contributed by atoms with E-state index in [9.17, 15) is 19.2 Å². The van der Waals surface area contributed by atoms with Gasteiger partial charge >= 0.3 is 5.97 Å². The standard InChI is InChI=1S/C30H30ClN3O5/c1-18-6-3-4-7-22(18)29(37)33-21-10-11-23(19(2)16-21)30(38)34-15-5-8-26(39-28(36)14-13-27(32)35)24-17-20(31)9-12-25(24)34/h3-4,6-7,9-12,16-17,26H,5,8,13-15H2,1-2H3,(H2,32,35)(H,33,37). The number of ether oxygens (including phenoxy) is 1. The highest BCUT2D eigenvalue weighted by atomic mass is 35.5. The molecule has 3 aromatic rings. The van der Waals surface area contributed by atoms with E-state index < -0.39 is 18.0 Å². The van der Waals surface area contributed by atoms with Crippen LogP contribution in [-0.2, 0) is 14.3 Å². The number of hydrogen-bond acceptors (Lipinski definition) is 5. The highest BCUT2D eigenvalue weighted by molar-refractivity contribution is 6.30. The maximum Gasteiger partial charge on any atom is 0.306 e. The number of primary amides is 1. The van der Waals surface area contributed by atoms with Crippen LogP contribution < -0.4 is 16.0 Å². The van der Waals surface area contributed by atoms with Gasteiger partial charge in [0.2, 0.25) is 5.91 Å². The Morgan fingerprint density at radius 1 is 0.974 bits per heavy atom. The lowest BCUT2D eigenvalue weighted by molar-refractivity contribution is -0.150. The highest BCUT2D eigenvalue weighted by Crippen LogP contribution is 2.38. The Kier molecular flexibility index (Phi) is 8.66. The zero-order valence-corrected chi connectivity index (χ0v) is 22.6. The molecule has 0 saturated heterocycles. The van der Waals surface area contributed by atoms with Crippen molar-refractivity contribution < 1.29 is 23.9 Å². The first-order valence-electron chi connectivity index (χ1n) is 12.7. The number of nitrogens with zero attached hydrogens (tertiary/aromatic N) is 1. The van der Waals surface area contributed by atoms with Gasteiger partial charge in [-0.1, -0.05) is 29.8 Å². The Morgan fingerprint density at radius 3 is 2.46 bits per heavy atom. The third-order valence-electron chi connectivity index (χ3n) is 6.67. The summed E-state index contributed by atoms with van der Waals surface area (Å²) in [6, 6.07) is 17.6. The number of carbonyl (C=O) groups excluding carboxylic acids is 4. The number of benzene rings is 3. The molecular formula is C30H30ClN3O5. The van der Waals surface area contributed by atoms with Gasteiger partial charge in [0.25, 0.3) is 11.8 Å². The lowest BCUT2D eigenvalue weighted by Gasteiger charge is -2.25. The minimum absolute atomic E-state index is 0.0980. The van der Waals surface area contributed by atoms with Crippen molar-refractivity contribution in [2.24, 2.45) is 5.73 Å². The maximum atomic E-state index is 13.8. The third kappa shape index (κ3) is 6.64. The summed E-state index contributed by atoms with van der Waals surface area (Å²) in [5.74, 6) is -1.55.